The third-order valence-corrected chi connectivity index (χ3v) is 4.41. The molecular weight excluding hydrogens is 356 g/mol. The van der Waals surface area contributed by atoms with Gasteiger partial charge in [0.15, 0.2) is 0 Å². The Morgan fingerprint density at radius 2 is 1.88 bits per heavy atom. The standard InChI is InChI=1S/C16H20N6O3S/c1-10-4-6-12(7-5-10)18-13(23)8-21(3)14(24)9-26-16-20-19-11(2)15(25)22(16)17/h4-7H,8-9,17H2,1-3H3,(H,18,23). The highest BCUT2D eigenvalue weighted by molar-refractivity contribution is 7.99. The van der Waals surface area contributed by atoms with Crippen LogP contribution in [0, 0.1) is 13.8 Å². The molecule has 0 radical (unpaired) electrons. The molecule has 0 saturated carbocycles. The number of rotatable bonds is 6. The molecule has 26 heavy (non-hydrogen) atoms. The second-order valence-electron chi connectivity index (χ2n) is 5.70. The molecule has 0 spiro atoms. The van der Waals surface area contributed by atoms with Crippen LogP contribution in [0.5, 0.6) is 0 Å². The number of likely N-dealkylation sites (N-methyl/N-ethyl adjacent to an activating group) is 1. The summed E-state index contributed by atoms with van der Waals surface area (Å²) in [6.45, 7) is 3.36. The van der Waals surface area contributed by atoms with Crippen molar-refractivity contribution in [2.45, 2.75) is 19.0 Å². The summed E-state index contributed by atoms with van der Waals surface area (Å²) in [6, 6.07) is 7.36. The van der Waals surface area contributed by atoms with Crippen LogP contribution in [0.3, 0.4) is 0 Å². The SMILES string of the molecule is Cc1ccc(NC(=O)CN(C)C(=O)CSc2nnc(C)c(=O)n2N)cc1. The van der Waals surface area contributed by atoms with Crippen LogP contribution in [0.1, 0.15) is 11.3 Å². The van der Waals surface area contributed by atoms with Gasteiger partial charge in [0, 0.05) is 12.7 Å². The summed E-state index contributed by atoms with van der Waals surface area (Å²) in [4.78, 5) is 37.2. The van der Waals surface area contributed by atoms with Gasteiger partial charge in [-0.15, -0.1) is 10.2 Å². The van der Waals surface area contributed by atoms with E-state index >= 15 is 0 Å². The van der Waals surface area contributed by atoms with Crippen molar-refractivity contribution in [2.24, 2.45) is 0 Å². The third-order valence-electron chi connectivity index (χ3n) is 3.49. The summed E-state index contributed by atoms with van der Waals surface area (Å²) in [7, 11) is 1.52. The number of hydrogen-bond donors (Lipinski definition) is 2. The lowest BCUT2D eigenvalue weighted by atomic mass is 10.2. The monoisotopic (exact) mass is 376 g/mol. The molecule has 2 amide bonds. The predicted molar refractivity (Wildman–Crippen MR) is 99.3 cm³/mol. The Labute approximate surface area is 154 Å². The first-order valence-corrected chi connectivity index (χ1v) is 8.71. The maximum atomic E-state index is 12.2. The first kappa shape index (κ1) is 19.4. The molecule has 2 aromatic rings. The minimum absolute atomic E-state index is 0.0251. The van der Waals surface area contributed by atoms with Gasteiger partial charge in [-0.2, -0.15) is 4.68 Å². The molecule has 138 valence electrons. The number of carbonyl (C=O) groups is 2. The molecule has 0 atom stereocenters. The van der Waals surface area contributed by atoms with Gasteiger partial charge >= 0.3 is 0 Å². The Morgan fingerprint density at radius 3 is 2.54 bits per heavy atom. The molecule has 0 aliphatic rings. The van der Waals surface area contributed by atoms with Crippen molar-refractivity contribution in [1.29, 1.82) is 0 Å². The molecular formula is C16H20N6O3S. The minimum Gasteiger partial charge on any atom is -0.336 e. The van der Waals surface area contributed by atoms with Crippen LogP contribution in [-0.4, -0.2) is 50.9 Å². The third kappa shape index (κ3) is 5.06. The summed E-state index contributed by atoms with van der Waals surface area (Å²) < 4.78 is 0.852. The summed E-state index contributed by atoms with van der Waals surface area (Å²) in [5, 5.41) is 10.3. The topological polar surface area (TPSA) is 123 Å². The van der Waals surface area contributed by atoms with E-state index in [-0.39, 0.29) is 35.0 Å². The van der Waals surface area contributed by atoms with Gasteiger partial charge in [-0.1, -0.05) is 29.5 Å². The van der Waals surface area contributed by atoms with Gasteiger partial charge in [0.25, 0.3) is 5.56 Å². The zero-order valence-corrected chi connectivity index (χ0v) is 15.5. The number of benzene rings is 1. The lowest BCUT2D eigenvalue weighted by molar-refractivity contribution is -0.131. The second-order valence-corrected chi connectivity index (χ2v) is 6.64. The zero-order chi connectivity index (χ0) is 19.3. The van der Waals surface area contributed by atoms with Gasteiger partial charge in [0.05, 0.1) is 12.3 Å². The number of nitrogens with zero attached hydrogens (tertiary/aromatic N) is 4. The van der Waals surface area contributed by atoms with E-state index in [4.69, 9.17) is 5.84 Å². The zero-order valence-electron chi connectivity index (χ0n) is 14.7. The van der Waals surface area contributed by atoms with Gasteiger partial charge < -0.3 is 16.1 Å². The van der Waals surface area contributed by atoms with Crippen LogP contribution in [0.25, 0.3) is 0 Å². The quantitative estimate of drug-likeness (QED) is 0.544. The molecule has 1 aromatic heterocycles. The molecule has 0 unspecified atom stereocenters. The molecule has 0 saturated heterocycles. The number of anilines is 1. The van der Waals surface area contributed by atoms with Crippen LogP contribution < -0.4 is 16.7 Å². The summed E-state index contributed by atoms with van der Waals surface area (Å²) >= 11 is 0.980. The number of carbonyl (C=O) groups excluding carboxylic acids is 2. The fourth-order valence-corrected chi connectivity index (χ4v) is 2.74. The second kappa shape index (κ2) is 8.48. The van der Waals surface area contributed by atoms with Gasteiger partial charge in [0.2, 0.25) is 17.0 Å². The van der Waals surface area contributed by atoms with E-state index in [2.05, 4.69) is 15.5 Å². The van der Waals surface area contributed by atoms with Crippen molar-refractivity contribution >= 4 is 29.3 Å². The Balaban J connectivity index is 1.87. The summed E-state index contributed by atoms with van der Waals surface area (Å²) in [5.41, 5.74) is 1.46. The maximum absolute atomic E-state index is 12.2. The summed E-state index contributed by atoms with van der Waals surface area (Å²) in [5.74, 6) is 4.98. The lowest BCUT2D eigenvalue weighted by Crippen LogP contribution is -2.36. The van der Waals surface area contributed by atoms with Crippen LogP contribution in [0.15, 0.2) is 34.2 Å². The van der Waals surface area contributed by atoms with Crippen LogP contribution >= 0.6 is 11.8 Å². The van der Waals surface area contributed by atoms with E-state index in [0.29, 0.717) is 5.69 Å². The van der Waals surface area contributed by atoms with Crippen molar-refractivity contribution in [3.05, 3.63) is 45.9 Å². The number of hydrogen-bond acceptors (Lipinski definition) is 7. The smallest absolute Gasteiger partial charge is 0.294 e. The van der Waals surface area contributed by atoms with Crippen LogP contribution in [0.4, 0.5) is 5.69 Å². The van der Waals surface area contributed by atoms with Gasteiger partial charge in [-0.3, -0.25) is 14.4 Å². The first-order valence-electron chi connectivity index (χ1n) is 7.72. The largest absolute Gasteiger partial charge is 0.336 e. The van der Waals surface area contributed by atoms with Crippen molar-refractivity contribution in [3.63, 3.8) is 0 Å². The number of nitrogens with two attached hydrogens (primary N) is 1. The maximum Gasteiger partial charge on any atom is 0.294 e. The number of nitrogen functional groups attached to an aromatic ring is 1. The molecule has 9 nitrogen and oxygen atoms in total. The van der Waals surface area contributed by atoms with E-state index in [0.717, 1.165) is 22.0 Å². The van der Waals surface area contributed by atoms with Crippen molar-refractivity contribution < 1.29 is 9.59 Å². The highest BCUT2D eigenvalue weighted by Crippen LogP contribution is 2.12. The predicted octanol–water partition coefficient (Wildman–Crippen LogP) is 0.158. The van der Waals surface area contributed by atoms with E-state index in [9.17, 15) is 14.4 Å². The molecule has 2 rings (SSSR count). The number of nitrogens with one attached hydrogen (secondary N) is 1. The molecule has 1 aromatic carbocycles. The lowest BCUT2D eigenvalue weighted by Gasteiger charge is -2.16. The highest BCUT2D eigenvalue weighted by atomic mass is 32.2. The van der Waals surface area contributed by atoms with Crippen LogP contribution in [0.2, 0.25) is 0 Å². The molecule has 1 heterocycles. The van der Waals surface area contributed by atoms with Crippen molar-refractivity contribution in [3.8, 4) is 0 Å². The van der Waals surface area contributed by atoms with Gasteiger partial charge in [-0.25, -0.2) is 0 Å². The Hall–Kier alpha value is -2.88. The van der Waals surface area contributed by atoms with E-state index in [1.165, 1.54) is 18.9 Å². The first-order chi connectivity index (χ1) is 12.3. The van der Waals surface area contributed by atoms with E-state index < -0.39 is 5.56 Å². The average molecular weight is 376 g/mol. The van der Waals surface area contributed by atoms with Gasteiger partial charge in [0.1, 0.15) is 5.69 Å². The number of thioether (sulfide) groups is 1. The molecule has 0 aliphatic carbocycles. The Morgan fingerprint density at radius 1 is 1.23 bits per heavy atom. The minimum atomic E-state index is -0.472. The fourth-order valence-electron chi connectivity index (χ4n) is 1.95. The van der Waals surface area contributed by atoms with Gasteiger partial charge in [-0.05, 0) is 26.0 Å². The molecule has 3 N–H and O–H groups in total. The van der Waals surface area contributed by atoms with E-state index in [1.54, 1.807) is 12.1 Å². The Bertz CT molecular complexity index is 865. The van der Waals surface area contributed by atoms with E-state index in [1.807, 2.05) is 19.1 Å². The molecule has 0 bridgehead atoms. The molecule has 10 heteroatoms. The van der Waals surface area contributed by atoms with Crippen molar-refractivity contribution in [1.82, 2.24) is 19.8 Å². The number of aromatic nitrogens is 3. The van der Waals surface area contributed by atoms with Crippen LogP contribution in [-0.2, 0) is 9.59 Å². The normalized spacial score (nSPS) is 10.4. The highest BCUT2D eigenvalue weighted by Gasteiger charge is 2.15. The molecule has 0 aliphatic heterocycles. The summed E-state index contributed by atoms with van der Waals surface area (Å²) in [6.07, 6.45) is 0. The number of aryl methyl sites for hydroxylation is 2. The van der Waals surface area contributed by atoms with Crippen molar-refractivity contribution in [2.75, 3.05) is 30.5 Å². The number of amides is 2. The Kier molecular flexibility index (Phi) is 6.34. The molecule has 0 fully saturated rings. The average Bonchev–Trinajstić information content (AvgIpc) is 2.60. The fraction of sp³-hybridized carbons (Fsp3) is 0.312.